The van der Waals surface area contributed by atoms with Crippen molar-refractivity contribution in [1.29, 1.82) is 0 Å². The molecule has 0 aliphatic carbocycles. The maximum Gasteiger partial charge on any atom is 0.200 e. The highest BCUT2D eigenvalue weighted by Gasteiger charge is 2.14. The molecule has 2 rings (SSSR count). The maximum absolute atomic E-state index is 5.28. The normalized spacial score (nSPS) is 10.9. The Morgan fingerprint density at radius 3 is 3.06 bits per heavy atom. The van der Waals surface area contributed by atoms with E-state index in [1.807, 2.05) is 11.5 Å². The Morgan fingerprint density at radius 1 is 1.62 bits per heavy atom. The molecule has 0 saturated heterocycles. The zero-order chi connectivity index (χ0) is 11.5. The van der Waals surface area contributed by atoms with Crippen LogP contribution in [-0.2, 0) is 11.3 Å². The molecule has 0 amide bonds. The predicted molar refractivity (Wildman–Crippen MR) is 59.5 cm³/mol. The fourth-order valence-corrected chi connectivity index (χ4v) is 1.62. The van der Waals surface area contributed by atoms with Crippen LogP contribution in [-0.4, -0.2) is 33.5 Å². The van der Waals surface area contributed by atoms with Crippen molar-refractivity contribution in [2.45, 2.75) is 13.5 Å². The van der Waals surface area contributed by atoms with E-state index in [-0.39, 0.29) is 0 Å². The summed E-state index contributed by atoms with van der Waals surface area (Å²) in [7, 11) is 1.64. The summed E-state index contributed by atoms with van der Waals surface area (Å²) in [6.45, 7) is 3.05. The summed E-state index contributed by atoms with van der Waals surface area (Å²) in [5.74, 6) is 1.28. The second-order valence-corrected chi connectivity index (χ2v) is 3.65. The topological polar surface area (TPSA) is 68.9 Å². The first-order valence-corrected chi connectivity index (χ1v) is 5.19. The smallest absolute Gasteiger partial charge is 0.200 e. The van der Waals surface area contributed by atoms with Gasteiger partial charge in [0.2, 0.25) is 0 Å². The van der Waals surface area contributed by atoms with Gasteiger partial charge in [0, 0.05) is 7.11 Å². The molecule has 0 saturated carbocycles. The predicted octanol–water partition coefficient (Wildman–Crippen LogP) is 1.55. The van der Waals surface area contributed by atoms with Gasteiger partial charge in [0.1, 0.15) is 0 Å². The van der Waals surface area contributed by atoms with Crippen molar-refractivity contribution >= 4 is 12.2 Å². The Morgan fingerprint density at radius 2 is 2.44 bits per heavy atom. The minimum Gasteiger partial charge on any atom is -0.440 e. The largest absolute Gasteiger partial charge is 0.440 e. The van der Waals surface area contributed by atoms with Crippen LogP contribution in [0.15, 0.2) is 10.8 Å². The Labute approximate surface area is 97.3 Å². The lowest BCUT2D eigenvalue weighted by Crippen LogP contribution is -2.06. The van der Waals surface area contributed by atoms with Gasteiger partial charge in [0.15, 0.2) is 22.7 Å². The first-order valence-electron chi connectivity index (χ1n) is 4.78. The van der Waals surface area contributed by atoms with Crippen LogP contribution in [0.1, 0.15) is 5.69 Å². The van der Waals surface area contributed by atoms with Crippen molar-refractivity contribution in [3.63, 3.8) is 0 Å². The Balaban J connectivity index is 2.42. The molecule has 0 atom stereocenters. The molecular weight excluding hydrogens is 228 g/mol. The quantitative estimate of drug-likeness (QED) is 0.821. The second kappa shape index (κ2) is 4.58. The van der Waals surface area contributed by atoms with Gasteiger partial charge in [-0.05, 0) is 19.1 Å². The van der Waals surface area contributed by atoms with Crippen molar-refractivity contribution in [2.75, 3.05) is 13.7 Å². The summed E-state index contributed by atoms with van der Waals surface area (Å²) in [6, 6.07) is 0. The van der Waals surface area contributed by atoms with Gasteiger partial charge in [-0.2, -0.15) is 5.10 Å². The van der Waals surface area contributed by atoms with Gasteiger partial charge in [-0.1, -0.05) is 0 Å². The minimum absolute atomic E-state index is 0.544. The van der Waals surface area contributed by atoms with Crippen LogP contribution in [0.25, 0.3) is 11.6 Å². The number of methoxy groups -OCH3 is 1. The van der Waals surface area contributed by atoms with E-state index in [2.05, 4.69) is 15.2 Å². The molecule has 16 heavy (non-hydrogen) atoms. The third-order valence-corrected chi connectivity index (χ3v) is 2.54. The lowest BCUT2D eigenvalue weighted by atomic mass is 10.3. The van der Waals surface area contributed by atoms with Crippen LogP contribution < -0.4 is 0 Å². The Bertz CT molecular complexity index is 528. The molecule has 2 aromatic rings. The van der Waals surface area contributed by atoms with Gasteiger partial charge in [-0.15, -0.1) is 0 Å². The molecule has 0 aliphatic rings. The summed E-state index contributed by atoms with van der Waals surface area (Å²) in [5.41, 5.74) is 0.785. The van der Waals surface area contributed by atoms with E-state index < -0.39 is 0 Å². The SMILES string of the molecule is COCCn1c(-c2ocnc2C)n[nH]c1=S. The highest BCUT2D eigenvalue weighted by atomic mass is 32.1. The molecule has 0 bridgehead atoms. The lowest BCUT2D eigenvalue weighted by molar-refractivity contribution is 0.187. The number of hydrogen-bond acceptors (Lipinski definition) is 5. The van der Waals surface area contributed by atoms with E-state index >= 15 is 0 Å². The molecule has 2 heterocycles. The van der Waals surface area contributed by atoms with Crippen molar-refractivity contribution in [3.8, 4) is 11.6 Å². The average molecular weight is 240 g/mol. The van der Waals surface area contributed by atoms with Crippen molar-refractivity contribution in [2.24, 2.45) is 0 Å². The highest BCUT2D eigenvalue weighted by Crippen LogP contribution is 2.20. The van der Waals surface area contributed by atoms with E-state index in [9.17, 15) is 0 Å². The minimum atomic E-state index is 0.544. The van der Waals surface area contributed by atoms with Crippen LogP contribution in [0.2, 0.25) is 0 Å². The summed E-state index contributed by atoms with van der Waals surface area (Å²) in [4.78, 5) is 4.02. The zero-order valence-corrected chi connectivity index (χ0v) is 9.87. The van der Waals surface area contributed by atoms with Crippen LogP contribution in [0, 0.1) is 11.7 Å². The number of nitrogens with zero attached hydrogens (tertiary/aromatic N) is 3. The molecule has 2 aromatic heterocycles. The number of aromatic amines is 1. The fraction of sp³-hybridized carbons (Fsp3) is 0.444. The third kappa shape index (κ3) is 1.91. The molecule has 86 valence electrons. The number of H-pyrrole nitrogens is 1. The number of oxazole rings is 1. The van der Waals surface area contributed by atoms with Crippen molar-refractivity contribution in [3.05, 3.63) is 16.9 Å². The van der Waals surface area contributed by atoms with Crippen molar-refractivity contribution in [1.82, 2.24) is 19.7 Å². The van der Waals surface area contributed by atoms with Crippen molar-refractivity contribution < 1.29 is 9.15 Å². The van der Waals surface area contributed by atoms with Gasteiger partial charge >= 0.3 is 0 Å². The number of rotatable bonds is 4. The number of hydrogen-bond donors (Lipinski definition) is 1. The highest BCUT2D eigenvalue weighted by molar-refractivity contribution is 7.71. The number of nitrogens with one attached hydrogen (secondary N) is 1. The van der Waals surface area contributed by atoms with Gasteiger partial charge in [0.05, 0.1) is 18.8 Å². The first-order chi connectivity index (χ1) is 7.74. The molecule has 0 radical (unpaired) electrons. The number of ether oxygens (including phenoxy) is 1. The van der Waals surface area contributed by atoms with E-state index in [0.29, 0.717) is 29.5 Å². The summed E-state index contributed by atoms with van der Waals surface area (Å²) in [6.07, 6.45) is 1.39. The standard InChI is InChI=1S/C9H12N4O2S/c1-6-7(15-5-10-6)8-11-12-9(16)13(8)3-4-14-2/h5H,3-4H2,1-2H3,(H,12,16). The molecule has 6 nitrogen and oxygen atoms in total. The zero-order valence-electron chi connectivity index (χ0n) is 9.06. The van der Waals surface area contributed by atoms with Crippen LogP contribution in [0.4, 0.5) is 0 Å². The van der Waals surface area contributed by atoms with E-state index in [0.717, 1.165) is 5.69 Å². The summed E-state index contributed by atoms with van der Waals surface area (Å²) >= 11 is 5.13. The number of aryl methyl sites for hydroxylation is 1. The Kier molecular flexibility index (Phi) is 3.16. The molecule has 0 aromatic carbocycles. The van der Waals surface area contributed by atoms with E-state index in [1.165, 1.54) is 6.39 Å². The molecular formula is C9H12N4O2S. The van der Waals surface area contributed by atoms with Gasteiger partial charge in [-0.25, -0.2) is 4.98 Å². The first kappa shape index (κ1) is 11.0. The van der Waals surface area contributed by atoms with Gasteiger partial charge in [-0.3, -0.25) is 9.67 Å². The van der Waals surface area contributed by atoms with Gasteiger partial charge < -0.3 is 9.15 Å². The molecule has 0 unspecified atom stereocenters. The monoisotopic (exact) mass is 240 g/mol. The molecule has 0 fully saturated rings. The van der Waals surface area contributed by atoms with Crippen LogP contribution in [0.5, 0.6) is 0 Å². The fourth-order valence-electron chi connectivity index (χ4n) is 1.40. The molecule has 7 heteroatoms. The molecule has 1 N–H and O–H groups in total. The average Bonchev–Trinajstić information content (AvgIpc) is 2.82. The van der Waals surface area contributed by atoms with Crippen LogP contribution >= 0.6 is 12.2 Å². The lowest BCUT2D eigenvalue weighted by Gasteiger charge is -2.03. The summed E-state index contributed by atoms with van der Waals surface area (Å²) < 4.78 is 12.7. The van der Waals surface area contributed by atoms with Gasteiger partial charge in [0.25, 0.3) is 0 Å². The van der Waals surface area contributed by atoms with E-state index in [1.54, 1.807) is 7.11 Å². The van der Waals surface area contributed by atoms with E-state index in [4.69, 9.17) is 21.4 Å². The molecule has 0 spiro atoms. The maximum atomic E-state index is 5.28. The van der Waals surface area contributed by atoms with Crippen LogP contribution in [0.3, 0.4) is 0 Å². The third-order valence-electron chi connectivity index (χ3n) is 2.23. The second-order valence-electron chi connectivity index (χ2n) is 3.26. The summed E-state index contributed by atoms with van der Waals surface area (Å²) in [5, 5.41) is 6.86. The number of aromatic nitrogens is 4. The molecule has 0 aliphatic heterocycles. The Hall–Kier alpha value is -1.47.